The Morgan fingerprint density at radius 2 is 1.57 bits per heavy atom. The van der Waals surface area contributed by atoms with E-state index in [1.54, 1.807) is 0 Å². The highest BCUT2D eigenvalue weighted by Gasteiger charge is 2.55. The predicted octanol–water partition coefficient (Wildman–Crippen LogP) is 14.2. The quantitative estimate of drug-likeness (QED) is 0.0597. The van der Waals surface area contributed by atoms with Gasteiger partial charge >= 0.3 is 13.8 Å². The molecule has 0 saturated heterocycles. The van der Waals surface area contributed by atoms with E-state index in [1.807, 2.05) is 125 Å². The highest BCUT2D eigenvalue weighted by Crippen LogP contribution is 2.57. The summed E-state index contributed by atoms with van der Waals surface area (Å²) in [6.07, 6.45) is 9.96. The van der Waals surface area contributed by atoms with Gasteiger partial charge in [0.1, 0.15) is 22.6 Å². The number of rotatable bonds is 20. The van der Waals surface area contributed by atoms with Crippen LogP contribution in [0.5, 0.6) is 11.5 Å². The number of benzene rings is 4. The Morgan fingerprint density at radius 1 is 0.870 bits per heavy atom. The number of hydrogen-bond donors (Lipinski definition) is 1. The second kappa shape index (κ2) is 22.2. The van der Waals surface area contributed by atoms with E-state index in [1.165, 1.54) is 22.4 Å². The molecule has 0 radical (unpaired) electrons. The first-order chi connectivity index (χ1) is 33.1. The van der Waals surface area contributed by atoms with Gasteiger partial charge in [-0.15, -0.1) is 0 Å². The van der Waals surface area contributed by atoms with Gasteiger partial charge in [-0.05, 0) is 167 Å². The summed E-state index contributed by atoms with van der Waals surface area (Å²) < 4.78 is 51.2. The first-order valence-corrected chi connectivity index (χ1v) is 26.7. The average Bonchev–Trinajstić information content (AvgIpc) is 3.61. The number of aryl methyl sites for hydroxylation is 1. The van der Waals surface area contributed by atoms with Gasteiger partial charge in [-0.1, -0.05) is 98.2 Å². The second-order valence-electron chi connectivity index (χ2n) is 20.7. The summed E-state index contributed by atoms with van der Waals surface area (Å²) in [6, 6.07) is 35.3. The number of hydrogen-bond acceptors (Lipinski definition) is 10. The molecule has 5 aromatic rings. The van der Waals surface area contributed by atoms with Crippen LogP contribution in [0.1, 0.15) is 132 Å². The van der Waals surface area contributed by atoms with Crippen LogP contribution in [0, 0.1) is 11.8 Å². The number of carbonyl (C=O) groups is 1. The summed E-state index contributed by atoms with van der Waals surface area (Å²) in [5.74, 6) is 2.50. The average molecular weight is 978 g/mol. The van der Waals surface area contributed by atoms with Gasteiger partial charge in [0.2, 0.25) is 0 Å². The SMILES string of the molecule is C[C@@H](COc1ccnc2c1[C@H](C)CCC2)C[C@H]1Cc2ccc(O[C@@H](C)CCOP(=O)(OCc3ccccc3)OCc3ccccc3)cc2C12CCC(Nc1cccc(Cl)c1)(C(=O)OC(C)(C)C)CC2. The molecule has 0 unspecified atom stereocenters. The number of pyridine rings is 1. The molecule has 1 fully saturated rings. The van der Waals surface area contributed by atoms with E-state index in [4.69, 9.17) is 44.4 Å². The minimum absolute atomic E-state index is 0.0873. The van der Waals surface area contributed by atoms with Crippen LogP contribution in [0.25, 0.3) is 0 Å². The maximum atomic E-state index is 14.4. The van der Waals surface area contributed by atoms with Crippen molar-refractivity contribution in [3.8, 4) is 11.5 Å². The molecule has 10 nitrogen and oxygen atoms in total. The molecule has 1 N–H and O–H groups in total. The number of ether oxygens (including phenoxy) is 3. The number of nitrogens with one attached hydrogen (secondary N) is 1. The summed E-state index contributed by atoms with van der Waals surface area (Å²) >= 11 is 6.48. The molecule has 1 heterocycles. The van der Waals surface area contributed by atoms with Crippen molar-refractivity contribution in [3.63, 3.8) is 0 Å². The molecule has 368 valence electrons. The zero-order valence-electron chi connectivity index (χ0n) is 41.2. The molecule has 0 bridgehead atoms. The molecule has 8 rings (SSSR count). The fraction of sp³-hybridized carbons (Fsp3) is 0.474. The lowest BCUT2D eigenvalue weighted by molar-refractivity contribution is -0.162. The lowest BCUT2D eigenvalue weighted by Gasteiger charge is -2.48. The largest absolute Gasteiger partial charge is 0.493 e. The number of esters is 1. The van der Waals surface area contributed by atoms with E-state index in [0.717, 1.165) is 73.3 Å². The van der Waals surface area contributed by atoms with Gasteiger partial charge < -0.3 is 19.5 Å². The van der Waals surface area contributed by atoms with Crippen LogP contribution in [-0.4, -0.2) is 41.4 Å². The molecular weight excluding hydrogens is 907 g/mol. The van der Waals surface area contributed by atoms with E-state index in [2.05, 4.69) is 37.4 Å². The Hall–Kier alpha value is -4.70. The van der Waals surface area contributed by atoms with E-state index in [-0.39, 0.29) is 43.2 Å². The highest BCUT2D eigenvalue weighted by molar-refractivity contribution is 7.48. The number of nitrogens with zero attached hydrogens (tertiary/aromatic N) is 1. The van der Waals surface area contributed by atoms with Crippen LogP contribution in [0.3, 0.4) is 0 Å². The minimum atomic E-state index is -3.94. The number of fused-ring (bicyclic) bond motifs is 3. The van der Waals surface area contributed by atoms with Crippen LogP contribution < -0.4 is 14.8 Å². The van der Waals surface area contributed by atoms with Crippen molar-refractivity contribution in [2.24, 2.45) is 11.8 Å². The number of carbonyl (C=O) groups excluding carboxylic acids is 1. The molecular formula is C57H70ClN2O8P. The zero-order chi connectivity index (χ0) is 48.7. The molecule has 0 aliphatic heterocycles. The fourth-order valence-electron chi connectivity index (χ4n) is 10.7. The monoisotopic (exact) mass is 976 g/mol. The molecule has 3 aliphatic carbocycles. The van der Waals surface area contributed by atoms with E-state index >= 15 is 0 Å². The lowest BCUT2D eigenvalue weighted by Crippen LogP contribution is -2.55. The van der Waals surface area contributed by atoms with Gasteiger partial charge in [0.05, 0.1) is 32.5 Å². The maximum absolute atomic E-state index is 14.4. The third-order valence-corrected chi connectivity index (χ3v) is 15.8. The van der Waals surface area contributed by atoms with Crippen molar-refractivity contribution >= 4 is 31.1 Å². The van der Waals surface area contributed by atoms with E-state index < -0.39 is 19.0 Å². The molecule has 1 spiro atoms. The summed E-state index contributed by atoms with van der Waals surface area (Å²) in [6.45, 7) is 13.2. The van der Waals surface area contributed by atoms with Gasteiger partial charge in [0, 0.05) is 34.6 Å². The van der Waals surface area contributed by atoms with Crippen LogP contribution in [-0.2, 0) is 59.1 Å². The third-order valence-electron chi connectivity index (χ3n) is 14.2. The molecule has 4 atom stereocenters. The van der Waals surface area contributed by atoms with Gasteiger partial charge in [0.15, 0.2) is 0 Å². The zero-order valence-corrected chi connectivity index (χ0v) is 42.9. The highest BCUT2D eigenvalue weighted by atomic mass is 35.5. The first-order valence-electron chi connectivity index (χ1n) is 24.9. The Labute approximate surface area is 414 Å². The van der Waals surface area contributed by atoms with Crippen molar-refractivity contribution in [1.82, 2.24) is 4.98 Å². The fourth-order valence-corrected chi connectivity index (χ4v) is 12.1. The number of phosphoric acid groups is 1. The number of aromatic nitrogens is 1. The van der Waals surface area contributed by atoms with Crippen molar-refractivity contribution < 1.29 is 37.1 Å². The number of anilines is 1. The molecule has 1 saturated carbocycles. The summed E-state index contributed by atoms with van der Waals surface area (Å²) in [7, 11) is -3.94. The Kier molecular flexibility index (Phi) is 16.3. The Bertz CT molecular complexity index is 2500. The van der Waals surface area contributed by atoms with Crippen molar-refractivity contribution in [2.75, 3.05) is 18.5 Å². The molecule has 0 amide bonds. The van der Waals surface area contributed by atoms with Crippen LogP contribution in [0.2, 0.25) is 5.02 Å². The van der Waals surface area contributed by atoms with Gasteiger partial charge in [0.25, 0.3) is 0 Å². The van der Waals surface area contributed by atoms with E-state index in [0.29, 0.717) is 42.7 Å². The van der Waals surface area contributed by atoms with Crippen molar-refractivity contribution in [1.29, 1.82) is 0 Å². The summed E-state index contributed by atoms with van der Waals surface area (Å²) in [5, 5.41) is 4.25. The molecule has 4 aromatic carbocycles. The first kappa shape index (κ1) is 50.7. The van der Waals surface area contributed by atoms with Crippen LogP contribution >= 0.6 is 19.4 Å². The maximum Gasteiger partial charge on any atom is 0.475 e. The van der Waals surface area contributed by atoms with Crippen molar-refractivity contribution in [2.45, 2.75) is 148 Å². The molecule has 3 aliphatic rings. The predicted molar refractivity (Wildman–Crippen MR) is 273 cm³/mol. The standard InChI is InChI=1S/C57H70ClN2O8P/c1-40(37-63-52-25-31-59-51-22-13-15-41(2)53(51)52)33-46-34-45-23-24-49(67-42(3)26-32-64-69(62,65-38-43-16-9-7-10-17-43)66-39-44-18-11-8-12-19-44)36-50(45)56(46)27-29-57(30-28-56,54(61)68-55(4,5)6)60-48-21-14-20-47(58)35-48/h7-12,14,16-21,23-25,31,35-36,40-42,46,60H,13,15,22,26-30,32-34,37-39H2,1-6H3/t40-,41-,42+,46+,56?,57?/m1/s1. The minimum Gasteiger partial charge on any atom is -0.493 e. The van der Waals surface area contributed by atoms with Gasteiger partial charge in [-0.3, -0.25) is 18.6 Å². The van der Waals surface area contributed by atoms with Crippen molar-refractivity contribution in [3.05, 3.63) is 154 Å². The normalized spacial score (nSPS) is 22.0. The Balaban J connectivity index is 0.998. The number of halogens is 1. The van der Waals surface area contributed by atoms with Crippen LogP contribution in [0.4, 0.5) is 5.69 Å². The van der Waals surface area contributed by atoms with Gasteiger partial charge in [-0.25, -0.2) is 9.36 Å². The van der Waals surface area contributed by atoms with Gasteiger partial charge in [-0.2, -0.15) is 0 Å². The number of phosphoric ester groups is 1. The smallest absolute Gasteiger partial charge is 0.475 e. The molecule has 12 heteroatoms. The second-order valence-corrected chi connectivity index (χ2v) is 22.8. The molecule has 69 heavy (non-hydrogen) atoms. The Morgan fingerprint density at radius 3 is 2.23 bits per heavy atom. The molecule has 1 aromatic heterocycles. The summed E-state index contributed by atoms with van der Waals surface area (Å²) in [5.41, 5.74) is 5.74. The van der Waals surface area contributed by atoms with E-state index in [9.17, 15) is 9.36 Å². The summed E-state index contributed by atoms with van der Waals surface area (Å²) in [4.78, 5) is 19.1. The third kappa shape index (κ3) is 12.8. The van der Waals surface area contributed by atoms with Crippen LogP contribution in [0.15, 0.2) is 115 Å². The topological polar surface area (TPSA) is 114 Å². The lowest BCUT2D eigenvalue weighted by atomic mass is 9.59.